The summed E-state index contributed by atoms with van der Waals surface area (Å²) >= 11 is 7.78. The molecule has 2 N–H and O–H groups in total. The summed E-state index contributed by atoms with van der Waals surface area (Å²) < 4.78 is 6.13. The van der Waals surface area contributed by atoms with E-state index in [9.17, 15) is 4.79 Å². The average Bonchev–Trinajstić information content (AvgIpc) is 3.11. The highest BCUT2D eigenvalue weighted by Gasteiger charge is 2.28. The summed E-state index contributed by atoms with van der Waals surface area (Å²) in [5.74, 6) is 0.627. The van der Waals surface area contributed by atoms with Crippen molar-refractivity contribution in [3.05, 3.63) is 45.6 Å². The summed E-state index contributed by atoms with van der Waals surface area (Å²) in [6, 6.07) is 13.0. The Morgan fingerprint density at radius 3 is 2.50 bits per heavy atom. The van der Waals surface area contributed by atoms with Crippen molar-refractivity contribution in [2.45, 2.75) is 44.8 Å². The average molecular weight is 422 g/mol. The van der Waals surface area contributed by atoms with Crippen LogP contribution in [-0.2, 0) is 11.3 Å². The largest absolute Gasteiger partial charge is 0.497 e. The summed E-state index contributed by atoms with van der Waals surface area (Å²) in [6.45, 7) is 4.86. The van der Waals surface area contributed by atoms with E-state index < -0.39 is 0 Å². The Labute approximate surface area is 176 Å². The number of anilines is 1. The first-order valence-electron chi connectivity index (χ1n) is 9.63. The molecule has 0 spiro atoms. The minimum absolute atomic E-state index is 0.198. The normalized spacial score (nSPS) is 16.7. The van der Waals surface area contributed by atoms with Gasteiger partial charge in [0.25, 0.3) is 0 Å². The van der Waals surface area contributed by atoms with Crippen LogP contribution in [0, 0.1) is 0 Å². The topological polar surface area (TPSA) is 58.8 Å². The standard InChI is InChI=1S/C21H28ClN3O2S/c1-15(13-21(23)26)24-11-9-17(10-12-24)25(14-19-7-8-20(22)28-19)16-3-5-18(27-2)6-4-16/h3-8,15,17H,9-14H2,1-2H3,(H2,23,26). The molecule has 0 aliphatic carbocycles. The summed E-state index contributed by atoms with van der Waals surface area (Å²) in [7, 11) is 1.68. The van der Waals surface area contributed by atoms with Gasteiger partial charge in [0, 0.05) is 42.2 Å². The molecular formula is C21H28ClN3O2S. The number of nitrogens with two attached hydrogens (primary N) is 1. The summed E-state index contributed by atoms with van der Waals surface area (Å²) in [4.78, 5) is 17.3. The molecule has 152 valence electrons. The molecule has 1 aromatic heterocycles. The maximum absolute atomic E-state index is 11.2. The number of nitrogens with zero attached hydrogens (tertiary/aromatic N) is 2. The molecule has 2 heterocycles. The number of piperidine rings is 1. The number of hydrogen-bond acceptors (Lipinski definition) is 5. The number of carbonyl (C=O) groups excluding carboxylic acids is 1. The fourth-order valence-corrected chi connectivity index (χ4v) is 4.95. The quantitative estimate of drug-likeness (QED) is 0.695. The molecule has 0 saturated carbocycles. The van der Waals surface area contributed by atoms with E-state index in [4.69, 9.17) is 22.1 Å². The van der Waals surface area contributed by atoms with Gasteiger partial charge in [-0.05, 0) is 56.2 Å². The Hall–Kier alpha value is -1.76. The second-order valence-electron chi connectivity index (χ2n) is 7.32. The zero-order valence-electron chi connectivity index (χ0n) is 16.4. The number of primary amides is 1. The van der Waals surface area contributed by atoms with Crippen molar-refractivity contribution in [3.63, 3.8) is 0 Å². The minimum atomic E-state index is -0.232. The Kier molecular flexibility index (Phi) is 7.21. The van der Waals surface area contributed by atoms with Crippen molar-refractivity contribution in [1.29, 1.82) is 0 Å². The number of carbonyl (C=O) groups is 1. The number of benzene rings is 1. The second kappa shape index (κ2) is 9.63. The van der Waals surface area contributed by atoms with Crippen LogP contribution in [0.25, 0.3) is 0 Å². The Morgan fingerprint density at radius 2 is 1.96 bits per heavy atom. The lowest BCUT2D eigenvalue weighted by molar-refractivity contribution is -0.119. The minimum Gasteiger partial charge on any atom is -0.497 e. The molecule has 0 radical (unpaired) electrons. The van der Waals surface area contributed by atoms with Crippen LogP contribution in [-0.4, -0.2) is 43.1 Å². The molecule has 5 nitrogen and oxygen atoms in total. The molecule has 7 heteroatoms. The third kappa shape index (κ3) is 5.40. The third-order valence-corrected chi connectivity index (χ3v) is 6.63. The van der Waals surface area contributed by atoms with E-state index in [-0.39, 0.29) is 11.9 Å². The SMILES string of the molecule is COc1ccc(N(Cc2ccc(Cl)s2)C2CCN(C(C)CC(N)=O)CC2)cc1. The zero-order chi connectivity index (χ0) is 20.1. The van der Waals surface area contributed by atoms with Gasteiger partial charge in [-0.15, -0.1) is 11.3 Å². The lowest BCUT2D eigenvalue weighted by Gasteiger charge is -2.41. The van der Waals surface area contributed by atoms with Crippen LogP contribution in [0.15, 0.2) is 36.4 Å². The summed E-state index contributed by atoms with van der Waals surface area (Å²) in [5, 5.41) is 0. The van der Waals surface area contributed by atoms with Gasteiger partial charge in [-0.2, -0.15) is 0 Å². The van der Waals surface area contributed by atoms with Crippen molar-refractivity contribution in [2.24, 2.45) is 5.73 Å². The van der Waals surface area contributed by atoms with Gasteiger partial charge in [-0.3, -0.25) is 9.69 Å². The number of thiophene rings is 1. The smallest absolute Gasteiger partial charge is 0.218 e. The maximum Gasteiger partial charge on any atom is 0.218 e. The number of methoxy groups -OCH3 is 1. The number of ether oxygens (including phenoxy) is 1. The highest BCUT2D eigenvalue weighted by atomic mass is 35.5. The van der Waals surface area contributed by atoms with Crippen molar-refractivity contribution >= 4 is 34.5 Å². The molecule has 1 aliphatic rings. The van der Waals surface area contributed by atoms with Gasteiger partial charge in [-0.1, -0.05) is 11.6 Å². The highest BCUT2D eigenvalue weighted by molar-refractivity contribution is 7.16. The summed E-state index contributed by atoms with van der Waals surface area (Å²) in [5.41, 5.74) is 6.56. The fraction of sp³-hybridized carbons (Fsp3) is 0.476. The predicted octanol–water partition coefficient (Wildman–Crippen LogP) is 4.15. The van der Waals surface area contributed by atoms with Crippen LogP contribution in [0.4, 0.5) is 5.69 Å². The van der Waals surface area contributed by atoms with E-state index in [1.54, 1.807) is 18.4 Å². The maximum atomic E-state index is 11.2. The molecule has 0 bridgehead atoms. The fourth-order valence-electron chi connectivity index (χ4n) is 3.87. The number of halogens is 1. The second-order valence-corrected chi connectivity index (χ2v) is 9.12. The Balaban J connectivity index is 1.72. The molecule has 28 heavy (non-hydrogen) atoms. The van der Waals surface area contributed by atoms with E-state index in [1.165, 1.54) is 10.6 Å². The third-order valence-electron chi connectivity index (χ3n) is 5.42. The first-order valence-corrected chi connectivity index (χ1v) is 10.8. The van der Waals surface area contributed by atoms with Gasteiger partial charge < -0.3 is 15.4 Å². The molecule has 1 aliphatic heterocycles. The van der Waals surface area contributed by atoms with E-state index >= 15 is 0 Å². The molecule has 3 rings (SSSR count). The van der Waals surface area contributed by atoms with Gasteiger partial charge >= 0.3 is 0 Å². The summed E-state index contributed by atoms with van der Waals surface area (Å²) in [6.07, 6.45) is 2.52. The first-order chi connectivity index (χ1) is 13.5. The lowest BCUT2D eigenvalue weighted by atomic mass is 9.99. The van der Waals surface area contributed by atoms with Gasteiger partial charge in [0.2, 0.25) is 5.91 Å². The number of amides is 1. The first kappa shape index (κ1) is 21.0. The van der Waals surface area contributed by atoms with Crippen LogP contribution in [0.5, 0.6) is 5.75 Å². The van der Waals surface area contributed by atoms with Gasteiger partial charge in [0.1, 0.15) is 5.75 Å². The molecule has 1 atom stereocenters. The molecule has 1 amide bonds. The molecule has 1 aromatic carbocycles. The Morgan fingerprint density at radius 1 is 1.29 bits per heavy atom. The van der Waals surface area contributed by atoms with E-state index in [0.717, 1.165) is 42.6 Å². The van der Waals surface area contributed by atoms with Crippen LogP contribution in [0.3, 0.4) is 0 Å². The van der Waals surface area contributed by atoms with Crippen molar-refractivity contribution in [3.8, 4) is 5.75 Å². The number of rotatable bonds is 8. The van der Waals surface area contributed by atoms with Crippen LogP contribution in [0.1, 0.15) is 31.1 Å². The van der Waals surface area contributed by atoms with E-state index in [0.29, 0.717) is 12.5 Å². The van der Waals surface area contributed by atoms with Crippen LogP contribution >= 0.6 is 22.9 Å². The van der Waals surface area contributed by atoms with Gasteiger partial charge in [0.05, 0.1) is 18.0 Å². The molecule has 1 saturated heterocycles. The predicted molar refractivity (Wildman–Crippen MR) is 116 cm³/mol. The Bertz CT molecular complexity index is 772. The number of likely N-dealkylation sites (tertiary alicyclic amines) is 1. The van der Waals surface area contributed by atoms with E-state index in [1.807, 2.05) is 18.2 Å². The molecular weight excluding hydrogens is 394 g/mol. The highest BCUT2D eigenvalue weighted by Crippen LogP contribution is 2.31. The van der Waals surface area contributed by atoms with Crippen molar-refractivity contribution < 1.29 is 9.53 Å². The number of hydrogen-bond donors (Lipinski definition) is 1. The van der Waals surface area contributed by atoms with Crippen LogP contribution < -0.4 is 15.4 Å². The van der Waals surface area contributed by atoms with E-state index in [2.05, 4.69) is 34.9 Å². The molecule has 1 unspecified atom stereocenters. The molecule has 2 aromatic rings. The van der Waals surface area contributed by atoms with Crippen LogP contribution in [0.2, 0.25) is 4.34 Å². The van der Waals surface area contributed by atoms with Gasteiger partial charge in [0.15, 0.2) is 0 Å². The molecule has 1 fully saturated rings. The van der Waals surface area contributed by atoms with Crippen molar-refractivity contribution in [2.75, 3.05) is 25.1 Å². The monoisotopic (exact) mass is 421 g/mol. The van der Waals surface area contributed by atoms with Crippen molar-refractivity contribution in [1.82, 2.24) is 4.90 Å². The lowest BCUT2D eigenvalue weighted by Crippen LogP contribution is -2.48. The van der Waals surface area contributed by atoms with Gasteiger partial charge in [-0.25, -0.2) is 0 Å². The zero-order valence-corrected chi connectivity index (χ0v) is 18.0.